The molecule has 0 saturated heterocycles. The highest BCUT2D eigenvalue weighted by Gasteiger charge is 2.38. The number of Topliss-reactive ketones (excluding diaryl/α,β-unsaturated/α-hetero) is 1. The minimum atomic E-state index is -5.08. The number of aromatic amines is 2. The molecule has 3 aromatic heterocycles. The van der Waals surface area contributed by atoms with Gasteiger partial charge in [-0.15, -0.1) is 0 Å². The Balaban J connectivity index is 0.000000383. The van der Waals surface area contributed by atoms with Crippen molar-refractivity contribution in [3.63, 3.8) is 0 Å². The lowest BCUT2D eigenvalue weighted by molar-refractivity contribution is -0.192. The van der Waals surface area contributed by atoms with Gasteiger partial charge in [-0.25, -0.2) is 14.8 Å². The quantitative estimate of drug-likeness (QED) is 0.333. The number of nitrogens with zero attached hydrogens (tertiary/aromatic N) is 2. The second-order valence-electron chi connectivity index (χ2n) is 7.81. The van der Waals surface area contributed by atoms with E-state index in [0.29, 0.717) is 18.0 Å². The minimum Gasteiger partial charge on any atom is -0.475 e. The van der Waals surface area contributed by atoms with E-state index in [-0.39, 0.29) is 5.78 Å². The summed E-state index contributed by atoms with van der Waals surface area (Å²) in [5, 5.41) is 8.21. The number of aryl methyl sites for hydroxylation is 1. The number of alkyl halides is 3. The van der Waals surface area contributed by atoms with E-state index in [1.54, 1.807) is 6.20 Å². The SMILES string of the molecule is CC[C@@H](C)CC(=O)c1ccc2cc(-c3ccnc4nc(C)[nH]c34)[nH]c2c1.O=C(O)C(F)(F)F. The number of carbonyl (C=O) groups excluding carboxylic acids is 1. The molecule has 0 bridgehead atoms. The third-order valence-corrected chi connectivity index (χ3v) is 5.22. The number of aromatic nitrogens is 4. The molecule has 174 valence electrons. The Morgan fingerprint density at radius 1 is 1.15 bits per heavy atom. The number of halogens is 3. The molecule has 3 heterocycles. The minimum absolute atomic E-state index is 0.202. The van der Waals surface area contributed by atoms with Crippen molar-refractivity contribution in [1.82, 2.24) is 19.9 Å². The molecule has 4 rings (SSSR count). The van der Waals surface area contributed by atoms with Gasteiger partial charge in [-0.2, -0.15) is 13.2 Å². The van der Waals surface area contributed by atoms with Crippen LogP contribution in [-0.4, -0.2) is 43.0 Å². The predicted molar refractivity (Wildman–Crippen MR) is 118 cm³/mol. The number of pyridine rings is 1. The number of benzene rings is 1. The number of nitrogens with one attached hydrogen (secondary N) is 2. The number of H-pyrrole nitrogens is 2. The molecule has 1 atom stereocenters. The number of imidazole rings is 1. The molecule has 0 aliphatic carbocycles. The molecule has 0 radical (unpaired) electrons. The number of fused-ring (bicyclic) bond motifs is 2. The molecule has 0 saturated carbocycles. The van der Waals surface area contributed by atoms with E-state index in [2.05, 4.69) is 39.8 Å². The van der Waals surface area contributed by atoms with E-state index < -0.39 is 12.1 Å². The van der Waals surface area contributed by atoms with Gasteiger partial charge in [-0.1, -0.05) is 32.4 Å². The molecule has 0 fully saturated rings. The first-order valence-electron chi connectivity index (χ1n) is 10.3. The van der Waals surface area contributed by atoms with Crippen LogP contribution in [0.1, 0.15) is 42.9 Å². The van der Waals surface area contributed by atoms with Gasteiger partial charge >= 0.3 is 12.1 Å². The van der Waals surface area contributed by atoms with Crippen molar-refractivity contribution < 1.29 is 27.9 Å². The van der Waals surface area contributed by atoms with Gasteiger partial charge in [0.1, 0.15) is 5.82 Å². The monoisotopic (exact) mass is 460 g/mol. The lowest BCUT2D eigenvalue weighted by Gasteiger charge is -2.07. The van der Waals surface area contributed by atoms with E-state index >= 15 is 0 Å². The van der Waals surface area contributed by atoms with Crippen molar-refractivity contribution >= 4 is 33.8 Å². The van der Waals surface area contributed by atoms with Crippen LogP contribution < -0.4 is 0 Å². The Hall–Kier alpha value is -3.69. The van der Waals surface area contributed by atoms with Crippen molar-refractivity contribution in [2.24, 2.45) is 5.92 Å². The lowest BCUT2D eigenvalue weighted by Crippen LogP contribution is -2.21. The normalized spacial score (nSPS) is 12.4. The molecular weight excluding hydrogens is 437 g/mol. The summed E-state index contributed by atoms with van der Waals surface area (Å²) in [5.41, 5.74) is 5.38. The zero-order valence-electron chi connectivity index (χ0n) is 18.2. The average molecular weight is 460 g/mol. The number of rotatable bonds is 5. The number of hydrogen-bond acceptors (Lipinski definition) is 4. The number of hydrogen-bond donors (Lipinski definition) is 3. The fourth-order valence-corrected chi connectivity index (χ4v) is 3.28. The van der Waals surface area contributed by atoms with E-state index in [9.17, 15) is 18.0 Å². The first-order valence-corrected chi connectivity index (χ1v) is 10.3. The Morgan fingerprint density at radius 2 is 1.85 bits per heavy atom. The largest absolute Gasteiger partial charge is 0.490 e. The summed E-state index contributed by atoms with van der Waals surface area (Å²) in [5.74, 6) is -1.31. The summed E-state index contributed by atoms with van der Waals surface area (Å²) in [6.45, 7) is 6.15. The lowest BCUT2D eigenvalue weighted by atomic mass is 9.97. The van der Waals surface area contributed by atoms with Crippen molar-refractivity contribution in [3.8, 4) is 11.3 Å². The van der Waals surface area contributed by atoms with Crippen LogP contribution in [0.15, 0.2) is 36.5 Å². The Morgan fingerprint density at radius 3 is 2.48 bits per heavy atom. The van der Waals surface area contributed by atoms with E-state index in [1.807, 2.05) is 31.2 Å². The van der Waals surface area contributed by atoms with Crippen molar-refractivity contribution in [2.75, 3.05) is 0 Å². The molecule has 0 amide bonds. The Labute approximate surface area is 187 Å². The maximum atomic E-state index is 12.5. The average Bonchev–Trinajstić information content (AvgIpc) is 3.34. The molecule has 0 aliphatic rings. The van der Waals surface area contributed by atoms with Crippen LogP contribution in [0.3, 0.4) is 0 Å². The van der Waals surface area contributed by atoms with Crippen LogP contribution in [0, 0.1) is 12.8 Å². The van der Waals surface area contributed by atoms with Gasteiger partial charge in [-0.3, -0.25) is 4.79 Å². The summed E-state index contributed by atoms with van der Waals surface area (Å²) in [4.78, 5) is 36.8. The fraction of sp³-hybridized carbons (Fsp3) is 0.304. The van der Waals surface area contributed by atoms with Gasteiger partial charge in [0.05, 0.1) is 5.52 Å². The number of ketones is 1. The maximum Gasteiger partial charge on any atom is 0.490 e. The van der Waals surface area contributed by atoms with E-state index in [4.69, 9.17) is 9.90 Å². The molecule has 0 unspecified atom stereocenters. The summed E-state index contributed by atoms with van der Waals surface area (Å²) >= 11 is 0. The molecular formula is C23H23F3N4O3. The van der Waals surface area contributed by atoms with Crippen molar-refractivity contribution in [3.05, 3.63) is 47.9 Å². The van der Waals surface area contributed by atoms with Gasteiger partial charge in [0.2, 0.25) is 0 Å². The molecule has 1 aromatic carbocycles. The summed E-state index contributed by atoms with van der Waals surface area (Å²) in [6, 6.07) is 9.96. The number of carboxylic acids is 1. The first-order chi connectivity index (χ1) is 15.5. The summed E-state index contributed by atoms with van der Waals surface area (Å²) in [6.07, 6.45) is -1.71. The number of aliphatic carboxylic acids is 1. The van der Waals surface area contributed by atoms with Gasteiger partial charge in [0, 0.05) is 40.3 Å². The fourth-order valence-electron chi connectivity index (χ4n) is 3.28. The smallest absolute Gasteiger partial charge is 0.475 e. The van der Waals surface area contributed by atoms with Gasteiger partial charge in [0.25, 0.3) is 0 Å². The third kappa shape index (κ3) is 5.57. The predicted octanol–water partition coefficient (Wildman–Crippen LogP) is 5.67. The summed E-state index contributed by atoms with van der Waals surface area (Å²) < 4.78 is 31.7. The second kappa shape index (κ2) is 9.43. The molecule has 0 aliphatic heterocycles. The van der Waals surface area contributed by atoms with Gasteiger partial charge in [-0.05, 0) is 31.0 Å². The molecule has 4 aromatic rings. The van der Waals surface area contributed by atoms with Gasteiger partial charge in [0.15, 0.2) is 11.4 Å². The molecule has 7 nitrogen and oxygen atoms in total. The van der Waals surface area contributed by atoms with Crippen LogP contribution in [0.5, 0.6) is 0 Å². The third-order valence-electron chi connectivity index (χ3n) is 5.22. The van der Waals surface area contributed by atoms with Crippen molar-refractivity contribution in [1.29, 1.82) is 0 Å². The second-order valence-corrected chi connectivity index (χ2v) is 7.81. The molecule has 0 spiro atoms. The highest BCUT2D eigenvalue weighted by atomic mass is 19.4. The van der Waals surface area contributed by atoms with Crippen LogP contribution in [0.25, 0.3) is 33.3 Å². The number of carboxylic acid groups (broad SMARTS) is 1. The Bertz CT molecular complexity index is 1310. The maximum absolute atomic E-state index is 12.5. The van der Waals surface area contributed by atoms with Crippen LogP contribution in [0.2, 0.25) is 0 Å². The van der Waals surface area contributed by atoms with Crippen LogP contribution in [-0.2, 0) is 4.79 Å². The highest BCUT2D eigenvalue weighted by Crippen LogP contribution is 2.29. The van der Waals surface area contributed by atoms with E-state index in [0.717, 1.165) is 45.5 Å². The zero-order valence-corrected chi connectivity index (χ0v) is 18.2. The molecule has 10 heteroatoms. The van der Waals surface area contributed by atoms with E-state index in [1.165, 1.54) is 0 Å². The topological polar surface area (TPSA) is 112 Å². The van der Waals surface area contributed by atoms with Crippen molar-refractivity contribution in [2.45, 2.75) is 39.8 Å². The van der Waals surface area contributed by atoms with Crippen LogP contribution >= 0.6 is 0 Å². The van der Waals surface area contributed by atoms with Crippen LogP contribution in [0.4, 0.5) is 13.2 Å². The van der Waals surface area contributed by atoms with Gasteiger partial charge < -0.3 is 15.1 Å². The first kappa shape index (κ1) is 24.0. The standard InChI is InChI=1S/C21H22N4O.C2HF3O2/c1-4-12(2)9-19(26)15-6-5-14-10-18(25-17(14)11-15)16-7-8-22-21-20(16)23-13(3)24-21;3-2(4,5)1(6)7/h5-8,10-12,25H,4,9H2,1-3H3,(H,22,23,24);(H,6,7)/t12-;/m1./s1. The zero-order chi connectivity index (χ0) is 24.3. The summed E-state index contributed by atoms with van der Waals surface area (Å²) in [7, 11) is 0. The highest BCUT2D eigenvalue weighted by molar-refractivity contribution is 6.01. The Kier molecular flexibility index (Phi) is 6.85. The number of carbonyl (C=O) groups is 2. The molecule has 33 heavy (non-hydrogen) atoms. The molecule has 3 N–H and O–H groups in total.